The van der Waals surface area contributed by atoms with Gasteiger partial charge >= 0.3 is 12.8 Å². The van der Waals surface area contributed by atoms with Crippen molar-refractivity contribution in [1.29, 1.82) is 0 Å². The number of hydrogen-bond acceptors (Lipinski definition) is 7. The molecule has 1 unspecified atom stereocenters. The molecular formula is C30H27F6N3O6. The zero-order chi connectivity index (χ0) is 32.7. The predicted octanol–water partition coefficient (Wildman–Crippen LogP) is 4.59. The second kappa shape index (κ2) is 11.8. The van der Waals surface area contributed by atoms with Crippen LogP contribution < -0.4 is 25.3 Å². The number of primary amides is 1. The number of carbonyl (C=O) groups is 2. The lowest BCUT2D eigenvalue weighted by Crippen LogP contribution is -2.51. The van der Waals surface area contributed by atoms with Crippen molar-refractivity contribution in [1.82, 2.24) is 10.3 Å². The third kappa shape index (κ3) is 6.34. The number of amides is 2. The van der Waals surface area contributed by atoms with E-state index >= 15 is 0 Å². The zero-order valence-electron chi connectivity index (χ0n) is 23.6. The maximum Gasteiger partial charge on any atom is 0.424 e. The lowest BCUT2D eigenvalue weighted by atomic mass is 9.81. The highest BCUT2D eigenvalue weighted by molar-refractivity contribution is 5.95. The van der Waals surface area contributed by atoms with Gasteiger partial charge in [0.25, 0.3) is 5.91 Å². The molecule has 0 spiro atoms. The van der Waals surface area contributed by atoms with E-state index in [4.69, 9.17) is 15.2 Å². The summed E-state index contributed by atoms with van der Waals surface area (Å²) in [4.78, 5) is 29.4. The van der Waals surface area contributed by atoms with E-state index in [-0.39, 0.29) is 58.8 Å². The first-order valence-corrected chi connectivity index (χ1v) is 13.7. The molecule has 4 N–H and O–H groups in total. The first-order valence-electron chi connectivity index (χ1n) is 13.7. The average molecular weight is 640 g/mol. The number of aromatic nitrogens is 1. The number of fused-ring (bicyclic) bond motifs is 1. The van der Waals surface area contributed by atoms with E-state index in [1.54, 1.807) is 0 Å². The van der Waals surface area contributed by atoms with E-state index < -0.39 is 53.7 Å². The van der Waals surface area contributed by atoms with Crippen LogP contribution in [0.3, 0.4) is 0 Å². The van der Waals surface area contributed by atoms with Gasteiger partial charge in [-0.15, -0.1) is 0 Å². The summed E-state index contributed by atoms with van der Waals surface area (Å²) in [6.45, 7) is -3.48. The monoisotopic (exact) mass is 639 g/mol. The van der Waals surface area contributed by atoms with E-state index in [1.165, 1.54) is 19.1 Å². The van der Waals surface area contributed by atoms with Gasteiger partial charge in [-0.1, -0.05) is 0 Å². The van der Waals surface area contributed by atoms with Crippen molar-refractivity contribution < 1.29 is 55.2 Å². The van der Waals surface area contributed by atoms with Crippen LogP contribution in [-0.2, 0) is 15.8 Å². The number of pyridine rings is 1. The minimum absolute atomic E-state index is 0.0787. The van der Waals surface area contributed by atoms with Gasteiger partial charge in [0.05, 0.1) is 18.8 Å². The van der Waals surface area contributed by atoms with Gasteiger partial charge in [0, 0.05) is 16.7 Å². The van der Waals surface area contributed by atoms with Crippen LogP contribution in [0.15, 0.2) is 48.5 Å². The van der Waals surface area contributed by atoms with Crippen LogP contribution in [0.5, 0.6) is 17.2 Å². The van der Waals surface area contributed by atoms with Crippen molar-refractivity contribution in [2.24, 2.45) is 11.7 Å². The fraction of sp³-hybridized carbons (Fsp3) is 0.367. The van der Waals surface area contributed by atoms with Crippen molar-refractivity contribution in [3.05, 3.63) is 71.2 Å². The molecule has 45 heavy (non-hydrogen) atoms. The number of benzene rings is 2. The van der Waals surface area contributed by atoms with Crippen LogP contribution in [0.1, 0.15) is 41.4 Å². The normalized spacial score (nSPS) is 19.0. The molecule has 2 amide bonds. The first kappa shape index (κ1) is 31.9. The summed E-state index contributed by atoms with van der Waals surface area (Å²) in [5.74, 6) is -3.14. The smallest absolute Gasteiger partial charge is 0.424 e. The number of nitrogens with one attached hydrogen (secondary N) is 1. The summed E-state index contributed by atoms with van der Waals surface area (Å²) in [7, 11) is 0. The Hall–Kier alpha value is -4.53. The highest BCUT2D eigenvalue weighted by Gasteiger charge is 2.57. The molecule has 5 rings (SSSR count). The van der Waals surface area contributed by atoms with E-state index in [1.807, 2.05) is 5.32 Å². The highest BCUT2D eigenvalue weighted by Crippen LogP contribution is 2.47. The van der Waals surface area contributed by atoms with Gasteiger partial charge < -0.3 is 30.4 Å². The summed E-state index contributed by atoms with van der Waals surface area (Å²) in [6.07, 6.45) is -3.70. The summed E-state index contributed by atoms with van der Waals surface area (Å²) in [5.41, 5.74) is -1.35. The van der Waals surface area contributed by atoms with Gasteiger partial charge in [0.15, 0.2) is 11.5 Å². The van der Waals surface area contributed by atoms with E-state index in [0.29, 0.717) is 0 Å². The molecular weight excluding hydrogens is 612 g/mol. The highest BCUT2D eigenvalue weighted by atomic mass is 19.4. The third-order valence-corrected chi connectivity index (χ3v) is 7.73. The Morgan fingerprint density at radius 1 is 1.13 bits per heavy atom. The lowest BCUT2D eigenvalue weighted by Gasteiger charge is -2.31. The number of halogens is 6. The van der Waals surface area contributed by atoms with Crippen LogP contribution in [-0.4, -0.2) is 54.5 Å². The molecule has 2 atom stereocenters. The van der Waals surface area contributed by atoms with Gasteiger partial charge in [-0.3, -0.25) is 9.59 Å². The van der Waals surface area contributed by atoms with Crippen LogP contribution in [0, 0.1) is 11.7 Å². The molecule has 9 nitrogen and oxygen atoms in total. The summed E-state index contributed by atoms with van der Waals surface area (Å²) in [5, 5.41) is 13.2. The Kier molecular flexibility index (Phi) is 8.33. The Morgan fingerprint density at radius 2 is 1.82 bits per heavy atom. The number of ether oxygens (including phenoxy) is 3. The van der Waals surface area contributed by atoms with Crippen molar-refractivity contribution >= 4 is 11.8 Å². The molecule has 2 heterocycles. The number of alkyl halides is 5. The van der Waals surface area contributed by atoms with Crippen LogP contribution in [0.4, 0.5) is 26.3 Å². The van der Waals surface area contributed by atoms with Gasteiger partial charge in [0.2, 0.25) is 11.5 Å². The number of nitrogens with two attached hydrogens (primary N) is 1. The number of aliphatic hydroxyl groups is 1. The molecule has 0 saturated heterocycles. The molecule has 1 aliphatic carbocycles. The maximum atomic E-state index is 14.6. The molecule has 0 radical (unpaired) electrons. The quantitative estimate of drug-likeness (QED) is 0.262. The molecule has 0 bridgehead atoms. The minimum Gasteiger partial charge on any atom is -0.489 e. The van der Waals surface area contributed by atoms with Gasteiger partial charge in [-0.2, -0.15) is 22.0 Å². The maximum absolute atomic E-state index is 14.6. The molecule has 3 aromatic rings. The van der Waals surface area contributed by atoms with Gasteiger partial charge in [-0.05, 0) is 74.2 Å². The third-order valence-electron chi connectivity index (χ3n) is 7.73. The Balaban J connectivity index is 1.51. The summed E-state index contributed by atoms with van der Waals surface area (Å²) < 4.78 is 98.9. The second-order valence-electron chi connectivity index (χ2n) is 11.1. The van der Waals surface area contributed by atoms with E-state index in [2.05, 4.69) is 9.72 Å². The van der Waals surface area contributed by atoms with Crippen molar-refractivity contribution in [2.75, 3.05) is 19.8 Å². The molecule has 240 valence electrons. The fourth-order valence-electron chi connectivity index (χ4n) is 4.70. The predicted molar refractivity (Wildman–Crippen MR) is 145 cm³/mol. The number of hydrogen-bond donors (Lipinski definition) is 3. The van der Waals surface area contributed by atoms with E-state index in [9.17, 15) is 41.0 Å². The summed E-state index contributed by atoms with van der Waals surface area (Å²) in [6, 6.07) is 8.45. The Bertz CT molecular complexity index is 1610. The lowest BCUT2D eigenvalue weighted by molar-refractivity contribution is -0.265. The topological polar surface area (TPSA) is 133 Å². The number of nitrogens with zero attached hydrogens (tertiary/aromatic N) is 1. The molecule has 1 saturated carbocycles. The van der Waals surface area contributed by atoms with Gasteiger partial charge in [-0.25, -0.2) is 9.37 Å². The molecule has 2 aromatic carbocycles. The van der Waals surface area contributed by atoms with Crippen molar-refractivity contribution in [2.45, 2.75) is 43.6 Å². The Labute approximate surface area is 252 Å². The molecule has 15 heteroatoms. The van der Waals surface area contributed by atoms with Gasteiger partial charge in [0.1, 0.15) is 29.3 Å². The molecule has 1 aliphatic heterocycles. The minimum atomic E-state index is -5.43. The first-order chi connectivity index (χ1) is 21.1. The number of carbonyl (C=O) groups excluding carboxylic acids is 2. The van der Waals surface area contributed by atoms with Crippen molar-refractivity contribution in [3.8, 4) is 28.5 Å². The second-order valence-corrected chi connectivity index (χ2v) is 11.1. The molecule has 2 aliphatic rings. The van der Waals surface area contributed by atoms with Crippen molar-refractivity contribution in [3.63, 3.8) is 0 Å². The molecule has 1 aromatic heterocycles. The van der Waals surface area contributed by atoms with Crippen LogP contribution in [0.25, 0.3) is 11.3 Å². The zero-order valence-corrected chi connectivity index (χ0v) is 23.6. The fourth-order valence-corrected chi connectivity index (χ4v) is 4.70. The molecule has 1 fully saturated rings. The van der Waals surface area contributed by atoms with Crippen LogP contribution >= 0.6 is 0 Å². The standard InChI is InChI=1S/C30H27F6N3O6/c1-28(26(37)41)14-44-24-19(28)11-22(39-23(24)16-4-7-18(31)8-5-16)29(42,30(34,35)36)13-38-25(40)17-6-9-20(45-27(32)33)21(10-17)43-12-15-2-3-15/h4-11,15,27,42H,2-3,12-14H2,1H3,(H2,37,41)(H,38,40)/t28-,29?/m0/s1. The largest absolute Gasteiger partial charge is 0.489 e. The SMILES string of the molecule is C[C@]1(C(N)=O)COc2c1cc(C(O)(CNC(=O)c1ccc(OC(F)F)c(OCC3CC3)c1)C(F)(F)F)nc2-c1ccc(F)cc1. The average Bonchev–Trinajstić information content (AvgIpc) is 3.75. The van der Waals surface area contributed by atoms with Crippen LogP contribution in [0.2, 0.25) is 0 Å². The number of rotatable bonds is 11. The Morgan fingerprint density at radius 3 is 2.42 bits per heavy atom. The summed E-state index contributed by atoms with van der Waals surface area (Å²) >= 11 is 0. The van der Waals surface area contributed by atoms with E-state index in [0.717, 1.165) is 49.2 Å².